The Hall–Kier alpha value is -2.97. The van der Waals surface area contributed by atoms with Crippen LogP contribution in [0.5, 0.6) is 0 Å². The SMILES string of the molecule is CN[C@@H](CC(C)C)C(=O)N1CCC(NS(=O)(=O)c2cccc(C(F)(F)F)c2)CC1.O=C(O)/C=C/C(=O)O. The van der Waals surface area contributed by atoms with E-state index in [1.807, 2.05) is 13.8 Å². The van der Waals surface area contributed by atoms with Gasteiger partial charge in [0, 0.05) is 31.3 Å². The average Bonchev–Trinajstić information content (AvgIpc) is 2.81. The number of carboxylic acid groups (broad SMARTS) is 2. The monoisotopic (exact) mass is 551 g/mol. The maximum absolute atomic E-state index is 12.8. The molecule has 1 heterocycles. The van der Waals surface area contributed by atoms with Gasteiger partial charge in [0.2, 0.25) is 15.9 Å². The maximum Gasteiger partial charge on any atom is 0.416 e. The minimum Gasteiger partial charge on any atom is -0.478 e. The number of hydrogen-bond acceptors (Lipinski definition) is 6. The van der Waals surface area contributed by atoms with Crippen LogP contribution in [-0.2, 0) is 30.6 Å². The average molecular weight is 552 g/mol. The van der Waals surface area contributed by atoms with Crippen LogP contribution in [0, 0.1) is 5.92 Å². The van der Waals surface area contributed by atoms with Gasteiger partial charge in [-0.05, 0) is 50.4 Å². The molecule has 0 saturated carbocycles. The van der Waals surface area contributed by atoms with Crippen LogP contribution in [0.3, 0.4) is 0 Å². The Morgan fingerprint density at radius 2 is 1.65 bits per heavy atom. The molecule has 0 aromatic heterocycles. The van der Waals surface area contributed by atoms with Crippen molar-refractivity contribution in [1.82, 2.24) is 14.9 Å². The number of aliphatic carboxylic acids is 2. The second kappa shape index (κ2) is 14.1. The van der Waals surface area contributed by atoms with Gasteiger partial charge in [-0.25, -0.2) is 22.7 Å². The predicted molar refractivity (Wildman–Crippen MR) is 128 cm³/mol. The van der Waals surface area contributed by atoms with Gasteiger partial charge in [-0.1, -0.05) is 19.9 Å². The second-order valence-electron chi connectivity index (χ2n) is 8.73. The van der Waals surface area contributed by atoms with Crippen molar-refractivity contribution in [3.05, 3.63) is 42.0 Å². The van der Waals surface area contributed by atoms with Crippen molar-refractivity contribution in [3.63, 3.8) is 0 Å². The quantitative estimate of drug-likeness (QED) is 0.341. The molecule has 2 rings (SSSR count). The number of nitrogens with one attached hydrogen (secondary N) is 2. The Labute approximate surface area is 213 Å². The zero-order valence-electron chi connectivity index (χ0n) is 20.7. The first-order chi connectivity index (χ1) is 17.1. The second-order valence-corrected chi connectivity index (χ2v) is 10.4. The molecular weight excluding hydrogens is 519 g/mol. The molecule has 208 valence electrons. The molecule has 14 heteroatoms. The Balaban J connectivity index is 0.000000738. The molecule has 1 atom stereocenters. The van der Waals surface area contributed by atoms with Crippen molar-refractivity contribution in [2.45, 2.75) is 56.3 Å². The molecule has 1 aromatic rings. The Morgan fingerprint density at radius 1 is 1.11 bits per heavy atom. The lowest BCUT2D eigenvalue weighted by Gasteiger charge is -2.34. The highest BCUT2D eigenvalue weighted by Crippen LogP contribution is 2.30. The molecule has 37 heavy (non-hydrogen) atoms. The molecule has 0 bridgehead atoms. The number of amides is 1. The number of hydrogen-bond donors (Lipinski definition) is 4. The summed E-state index contributed by atoms with van der Waals surface area (Å²) in [5.41, 5.74) is -1.01. The van der Waals surface area contributed by atoms with E-state index in [2.05, 4.69) is 10.0 Å². The Bertz CT molecular complexity index is 1050. The van der Waals surface area contributed by atoms with Crippen LogP contribution < -0.4 is 10.0 Å². The number of rotatable bonds is 9. The fourth-order valence-corrected chi connectivity index (χ4v) is 4.87. The number of carboxylic acids is 2. The Kier molecular flexibility index (Phi) is 12.2. The van der Waals surface area contributed by atoms with Crippen LogP contribution >= 0.6 is 0 Å². The molecule has 0 aliphatic carbocycles. The van der Waals surface area contributed by atoms with E-state index in [4.69, 9.17) is 10.2 Å². The minimum atomic E-state index is -4.61. The highest BCUT2D eigenvalue weighted by atomic mass is 32.2. The van der Waals surface area contributed by atoms with E-state index in [0.29, 0.717) is 56.5 Å². The normalized spacial score (nSPS) is 15.8. The number of piperidine rings is 1. The molecule has 4 N–H and O–H groups in total. The van der Waals surface area contributed by atoms with Crippen molar-refractivity contribution >= 4 is 27.9 Å². The van der Waals surface area contributed by atoms with Gasteiger partial charge in [0.15, 0.2) is 0 Å². The summed E-state index contributed by atoms with van der Waals surface area (Å²) in [5, 5.41) is 18.6. The third kappa shape index (κ3) is 11.3. The number of likely N-dealkylation sites (tertiary alicyclic amines) is 1. The number of alkyl halides is 3. The van der Waals surface area contributed by atoms with Crippen molar-refractivity contribution < 1.29 is 46.2 Å². The van der Waals surface area contributed by atoms with Crippen molar-refractivity contribution in [2.24, 2.45) is 5.92 Å². The smallest absolute Gasteiger partial charge is 0.416 e. The van der Waals surface area contributed by atoms with Crippen LogP contribution in [0.15, 0.2) is 41.3 Å². The summed E-state index contributed by atoms with van der Waals surface area (Å²) in [7, 11) is -2.35. The Morgan fingerprint density at radius 3 is 2.08 bits per heavy atom. The number of carbonyl (C=O) groups excluding carboxylic acids is 1. The lowest BCUT2D eigenvalue weighted by Crippen LogP contribution is -2.51. The zero-order valence-corrected chi connectivity index (χ0v) is 21.5. The standard InChI is InChI=1S/C19H28F3N3O3S.C4H4O4/c1-13(2)11-17(23-3)18(26)25-9-7-15(8-10-25)24-29(27,28)16-6-4-5-14(12-16)19(20,21)22;5-3(6)1-2-4(7)8/h4-6,12-13,15,17,23-24H,7-11H2,1-3H3;1-2H,(H,5,6)(H,7,8)/b;2-1+/t17-;/m0./s1. The molecular formula is C23H32F3N3O7S. The third-order valence-corrected chi connectivity index (χ3v) is 6.84. The van der Waals surface area contributed by atoms with Gasteiger partial charge < -0.3 is 20.4 Å². The van der Waals surface area contributed by atoms with E-state index in [1.54, 1.807) is 11.9 Å². The molecule has 1 aromatic carbocycles. The van der Waals surface area contributed by atoms with Gasteiger partial charge >= 0.3 is 18.1 Å². The molecule has 0 radical (unpaired) electrons. The van der Waals surface area contributed by atoms with Crippen LogP contribution in [0.4, 0.5) is 13.2 Å². The fourth-order valence-electron chi connectivity index (χ4n) is 3.52. The van der Waals surface area contributed by atoms with Crippen LogP contribution in [0.2, 0.25) is 0 Å². The summed E-state index contributed by atoms with van der Waals surface area (Å²) in [4.78, 5) is 33.0. The lowest BCUT2D eigenvalue weighted by atomic mass is 10.0. The highest BCUT2D eigenvalue weighted by molar-refractivity contribution is 7.89. The van der Waals surface area contributed by atoms with Crippen molar-refractivity contribution in [3.8, 4) is 0 Å². The fraction of sp³-hybridized carbons (Fsp3) is 0.522. The first kappa shape index (κ1) is 32.1. The molecule has 1 aliphatic heterocycles. The molecule has 0 spiro atoms. The van der Waals surface area contributed by atoms with Gasteiger partial charge in [0.05, 0.1) is 16.5 Å². The number of halogens is 3. The topological polar surface area (TPSA) is 153 Å². The molecule has 1 fully saturated rings. The predicted octanol–water partition coefficient (Wildman–Crippen LogP) is 2.32. The lowest BCUT2D eigenvalue weighted by molar-refractivity contribution is -0.138. The number of sulfonamides is 1. The summed E-state index contributed by atoms with van der Waals surface area (Å²) in [5.74, 6) is -2.17. The summed E-state index contributed by atoms with van der Waals surface area (Å²) in [6.45, 7) is 4.86. The third-order valence-electron chi connectivity index (χ3n) is 5.32. The largest absolute Gasteiger partial charge is 0.478 e. The maximum atomic E-state index is 12.8. The molecule has 1 saturated heterocycles. The minimum absolute atomic E-state index is 0.0135. The first-order valence-corrected chi connectivity index (χ1v) is 12.8. The number of carbonyl (C=O) groups is 3. The molecule has 1 amide bonds. The van der Waals surface area contributed by atoms with Crippen molar-refractivity contribution in [1.29, 1.82) is 0 Å². The van der Waals surface area contributed by atoms with Crippen LogP contribution in [0.25, 0.3) is 0 Å². The van der Waals surface area contributed by atoms with E-state index in [9.17, 15) is 36.0 Å². The summed E-state index contributed by atoms with van der Waals surface area (Å²) >= 11 is 0. The van der Waals surface area contributed by atoms with E-state index in [-0.39, 0.29) is 11.9 Å². The summed E-state index contributed by atoms with van der Waals surface area (Å²) < 4.78 is 66.0. The number of likely N-dealkylation sites (N-methyl/N-ethyl adjacent to an activating group) is 1. The van der Waals surface area contributed by atoms with E-state index in [0.717, 1.165) is 18.2 Å². The highest BCUT2D eigenvalue weighted by Gasteiger charge is 2.33. The molecule has 10 nitrogen and oxygen atoms in total. The van der Waals surface area contributed by atoms with Crippen LogP contribution in [-0.4, -0.2) is 73.6 Å². The van der Waals surface area contributed by atoms with Gasteiger partial charge in [0.25, 0.3) is 0 Å². The summed E-state index contributed by atoms with van der Waals surface area (Å²) in [6.07, 6.45) is -1.98. The van der Waals surface area contributed by atoms with E-state index in [1.165, 1.54) is 0 Å². The van der Waals surface area contributed by atoms with Gasteiger partial charge in [0.1, 0.15) is 0 Å². The van der Waals surface area contributed by atoms with Crippen molar-refractivity contribution in [2.75, 3.05) is 20.1 Å². The first-order valence-electron chi connectivity index (χ1n) is 11.4. The zero-order chi connectivity index (χ0) is 28.4. The molecule has 0 unspecified atom stereocenters. The molecule has 1 aliphatic rings. The number of nitrogens with zero attached hydrogens (tertiary/aromatic N) is 1. The number of benzene rings is 1. The van der Waals surface area contributed by atoms with E-state index >= 15 is 0 Å². The van der Waals surface area contributed by atoms with Crippen LogP contribution in [0.1, 0.15) is 38.7 Å². The van der Waals surface area contributed by atoms with Gasteiger partial charge in [-0.3, -0.25) is 4.79 Å². The summed E-state index contributed by atoms with van der Waals surface area (Å²) in [6, 6.07) is 2.96. The van der Waals surface area contributed by atoms with Gasteiger partial charge in [-0.15, -0.1) is 0 Å². The van der Waals surface area contributed by atoms with Gasteiger partial charge in [-0.2, -0.15) is 13.2 Å². The van der Waals surface area contributed by atoms with E-state index < -0.39 is 44.6 Å².